The molecule has 3 rings (SSSR count). The van der Waals surface area contributed by atoms with Gasteiger partial charge in [0.25, 0.3) is 0 Å². The van der Waals surface area contributed by atoms with E-state index < -0.39 is 23.8 Å². The van der Waals surface area contributed by atoms with Crippen molar-refractivity contribution in [3.63, 3.8) is 0 Å². The molecule has 5 heteroatoms. The van der Waals surface area contributed by atoms with Gasteiger partial charge in [0.2, 0.25) is 0 Å². The number of aldehydes is 1. The first kappa shape index (κ1) is 22.0. The quantitative estimate of drug-likeness (QED) is 0.277. The van der Waals surface area contributed by atoms with Crippen molar-refractivity contribution in [3.05, 3.63) is 108 Å². The lowest BCUT2D eigenvalue weighted by Crippen LogP contribution is -2.33. The first-order valence-electron chi connectivity index (χ1n) is 10.1. The summed E-state index contributed by atoms with van der Waals surface area (Å²) in [6.45, 7) is 0.0650. The summed E-state index contributed by atoms with van der Waals surface area (Å²) in [5, 5.41) is 0. The lowest BCUT2D eigenvalue weighted by molar-refractivity contribution is -0.165. The van der Waals surface area contributed by atoms with E-state index in [-0.39, 0.29) is 19.6 Å². The minimum absolute atomic E-state index is 0.00441. The summed E-state index contributed by atoms with van der Waals surface area (Å²) in [6, 6.07) is 27.4. The van der Waals surface area contributed by atoms with Crippen LogP contribution in [0.15, 0.2) is 91.0 Å². The topological polar surface area (TPSA) is 69.7 Å². The summed E-state index contributed by atoms with van der Waals surface area (Å²) >= 11 is 0. The highest BCUT2D eigenvalue weighted by molar-refractivity contribution is 5.96. The number of ether oxygens (including phenoxy) is 2. The van der Waals surface area contributed by atoms with E-state index in [1.807, 2.05) is 66.7 Å². The molecule has 0 aliphatic heterocycles. The van der Waals surface area contributed by atoms with Gasteiger partial charge in [-0.25, -0.2) is 0 Å². The average Bonchev–Trinajstić information content (AvgIpc) is 2.83. The van der Waals surface area contributed by atoms with Crippen molar-refractivity contribution < 1.29 is 23.9 Å². The van der Waals surface area contributed by atoms with Crippen LogP contribution in [0.3, 0.4) is 0 Å². The molecule has 5 nitrogen and oxygen atoms in total. The first-order chi connectivity index (χ1) is 15.2. The number of rotatable bonds is 10. The molecule has 0 N–H and O–H groups in total. The maximum Gasteiger partial charge on any atom is 0.321 e. The number of carbonyl (C=O) groups excluding carboxylic acids is 3. The van der Waals surface area contributed by atoms with Crippen LogP contribution >= 0.6 is 0 Å². The molecule has 0 aliphatic carbocycles. The Balaban J connectivity index is 1.81. The van der Waals surface area contributed by atoms with Crippen molar-refractivity contribution in [1.29, 1.82) is 0 Å². The second kappa shape index (κ2) is 11.5. The van der Waals surface area contributed by atoms with E-state index in [2.05, 4.69) is 0 Å². The molecule has 0 radical (unpaired) electrons. The number of hydrogen-bond donors (Lipinski definition) is 0. The van der Waals surface area contributed by atoms with Crippen LogP contribution in [0.1, 0.15) is 29.0 Å². The molecule has 0 amide bonds. The van der Waals surface area contributed by atoms with Gasteiger partial charge in [-0.15, -0.1) is 0 Å². The number of hydrogen-bond acceptors (Lipinski definition) is 5. The fourth-order valence-corrected chi connectivity index (χ4v) is 3.33. The summed E-state index contributed by atoms with van der Waals surface area (Å²) in [7, 11) is 0. The van der Waals surface area contributed by atoms with Gasteiger partial charge in [-0.05, 0) is 16.7 Å². The van der Waals surface area contributed by atoms with Gasteiger partial charge < -0.3 is 14.3 Å². The van der Waals surface area contributed by atoms with E-state index in [0.29, 0.717) is 11.8 Å². The normalized spacial score (nSPS) is 11.5. The minimum atomic E-state index is -1.25. The SMILES string of the molecule is O=CCC(c1ccccc1)C(C(=O)OCc1ccccc1)C(=O)OCc1ccccc1. The van der Waals surface area contributed by atoms with Crippen LogP contribution in [-0.4, -0.2) is 18.2 Å². The summed E-state index contributed by atoms with van der Waals surface area (Å²) < 4.78 is 10.9. The van der Waals surface area contributed by atoms with Gasteiger partial charge in [0.15, 0.2) is 5.92 Å². The highest BCUT2D eigenvalue weighted by Crippen LogP contribution is 2.30. The van der Waals surface area contributed by atoms with Crippen LogP contribution in [0.2, 0.25) is 0 Å². The van der Waals surface area contributed by atoms with Crippen molar-refractivity contribution in [2.24, 2.45) is 5.92 Å². The molecular weight excluding hydrogens is 392 g/mol. The molecule has 3 aromatic rings. The fraction of sp³-hybridized carbons (Fsp3) is 0.192. The van der Waals surface area contributed by atoms with Gasteiger partial charge in [-0.3, -0.25) is 9.59 Å². The van der Waals surface area contributed by atoms with Crippen molar-refractivity contribution in [2.75, 3.05) is 0 Å². The lowest BCUT2D eigenvalue weighted by atomic mass is 9.83. The van der Waals surface area contributed by atoms with Gasteiger partial charge in [0.1, 0.15) is 19.5 Å². The molecule has 0 saturated heterocycles. The van der Waals surface area contributed by atoms with Crippen LogP contribution in [-0.2, 0) is 37.1 Å². The van der Waals surface area contributed by atoms with Crippen molar-refractivity contribution >= 4 is 18.2 Å². The van der Waals surface area contributed by atoms with Crippen LogP contribution in [0.5, 0.6) is 0 Å². The Morgan fingerprint density at radius 3 is 1.52 bits per heavy atom. The Hall–Kier alpha value is -3.73. The summed E-state index contributed by atoms with van der Waals surface area (Å²) in [4.78, 5) is 37.4. The first-order valence-corrected chi connectivity index (χ1v) is 10.1. The zero-order valence-corrected chi connectivity index (χ0v) is 17.1. The highest BCUT2D eigenvalue weighted by atomic mass is 16.6. The Kier molecular flexibility index (Phi) is 8.12. The Morgan fingerprint density at radius 1 is 0.677 bits per heavy atom. The van der Waals surface area contributed by atoms with Crippen molar-refractivity contribution in [1.82, 2.24) is 0 Å². The zero-order chi connectivity index (χ0) is 21.9. The van der Waals surface area contributed by atoms with E-state index in [0.717, 1.165) is 11.1 Å². The average molecular weight is 416 g/mol. The van der Waals surface area contributed by atoms with Crippen LogP contribution in [0, 0.1) is 5.92 Å². The smallest absolute Gasteiger partial charge is 0.321 e. The maximum atomic E-state index is 13.0. The molecule has 0 saturated carbocycles. The Morgan fingerprint density at radius 2 is 1.10 bits per heavy atom. The van der Waals surface area contributed by atoms with Gasteiger partial charge in [0, 0.05) is 12.3 Å². The molecule has 0 spiro atoms. The summed E-state index contributed by atoms with van der Waals surface area (Å²) in [5.74, 6) is -3.35. The van der Waals surface area contributed by atoms with Gasteiger partial charge in [-0.1, -0.05) is 91.0 Å². The molecule has 158 valence electrons. The van der Waals surface area contributed by atoms with Crippen LogP contribution in [0.25, 0.3) is 0 Å². The van der Waals surface area contributed by atoms with Gasteiger partial charge >= 0.3 is 11.9 Å². The molecule has 0 aromatic heterocycles. The second-order valence-corrected chi connectivity index (χ2v) is 7.08. The molecule has 0 bridgehead atoms. The van der Waals surface area contributed by atoms with Crippen LogP contribution < -0.4 is 0 Å². The number of carbonyl (C=O) groups is 3. The maximum absolute atomic E-state index is 13.0. The third-order valence-electron chi connectivity index (χ3n) is 4.94. The summed E-state index contributed by atoms with van der Waals surface area (Å²) in [6.07, 6.45) is 0.704. The highest BCUT2D eigenvalue weighted by Gasteiger charge is 2.38. The van der Waals surface area contributed by atoms with E-state index in [1.165, 1.54) is 0 Å². The predicted molar refractivity (Wildman–Crippen MR) is 116 cm³/mol. The monoisotopic (exact) mass is 416 g/mol. The minimum Gasteiger partial charge on any atom is -0.460 e. The summed E-state index contributed by atoms with van der Waals surface area (Å²) in [5.41, 5.74) is 2.31. The third kappa shape index (κ3) is 6.37. The fourth-order valence-electron chi connectivity index (χ4n) is 3.33. The van der Waals surface area contributed by atoms with Crippen molar-refractivity contribution in [3.8, 4) is 0 Å². The Labute approximate surface area is 181 Å². The largest absolute Gasteiger partial charge is 0.460 e. The Bertz CT molecular complexity index is 915. The molecule has 0 aliphatic rings. The molecule has 0 fully saturated rings. The van der Waals surface area contributed by atoms with E-state index >= 15 is 0 Å². The third-order valence-corrected chi connectivity index (χ3v) is 4.94. The predicted octanol–water partition coefficient (Wildman–Crippen LogP) is 4.46. The second-order valence-electron chi connectivity index (χ2n) is 7.08. The molecule has 31 heavy (non-hydrogen) atoms. The molecule has 3 aromatic carbocycles. The standard InChI is InChI=1S/C26H24O5/c27-17-16-23(22-14-8-3-9-15-22)24(25(28)30-18-20-10-4-1-5-11-20)26(29)31-19-21-12-6-2-7-13-21/h1-15,17,23-24H,16,18-19H2. The number of esters is 2. The molecular formula is C26H24O5. The number of benzene rings is 3. The molecule has 1 atom stereocenters. The lowest BCUT2D eigenvalue weighted by Gasteiger charge is -2.23. The van der Waals surface area contributed by atoms with Gasteiger partial charge in [-0.2, -0.15) is 0 Å². The van der Waals surface area contributed by atoms with E-state index in [4.69, 9.17) is 9.47 Å². The van der Waals surface area contributed by atoms with E-state index in [9.17, 15) is 14.4 Å². The molecule has 0 heterocycles. The van der Waals surface area contributed by atoms with Gasteiger partial charge in [0.05, 0.1) is 0 Å². The van der Waals surface area contributed by atoms with E-state index in [1.54, 1.807) is 24.3 Å². The zero-order valence-electron chi connectivity index (χ0n) is 17.1. The van der Waals surface area contributed by atoms with Crippen molar-refractivity contribution in [2.45, 2.75) is 25.6 Å². The van der Waals surface area contributed by atoms with Crippen LogP contribution in [0.4, 0.5) is 0 Å². The molecule has 1 unspecified atom stereocenters.